The number of hydrogen-bond acceptors (Lipinski definition) is 2. The normalized spacial score (nSPS) is 17.5. The second-order valence-electron chi connectivity index (χ2n) is 5.33. The smallest absolute Gasteiger partial charge is 0.258 e. The predicted octanol–water partition coefficient (Wildman–Crippen LogP) is 3.73. The molecule has 0 saturated carbocycles. The summed E-state index contributed by atoms with van der Waals surface area (Å²) in [6.45, 7) is 2.49. The summed E-state index contributed by atoms with van der Waals surface area (Å²) >= 11 is 5.86. The number of benzene rings is 2. The summed E-state index contributed by atoms with van der Waals surface area (Å²) in [6.07, 6.45) is 0.0460. The second-order valence-corrected chi connectivity index (χ2v) is 5.77. The molecule has 108 valence electrons. The minimum atomic E-state index is -0.505. The molecule has 1 aliphatic rings. The van der Waals surface area contributed by atoms with Gasteiger partial charge in [-0.1, -0.05) is 29.3 Å². The third-order valence-corrected chi connectivity index (χ3v) is 4.05. The molecule has 0 saturated heterocycles. The van der Waals surface area contributed by atoms with Gasteiger partial charge >= 0.3 is 0 Å². The Morgan fingerprint density at radius 2 is 1.95 bits per heavy atom. The molecule has 0 aliphatic carbocycles. The van der Waals surface area contributed by atoms with Crippen LogP contribution in [0.15, 0.2) is 42.5 Å². The van der Waals surface area contributed by atoms with Crippen molar-refractivity contribution in [3.8, 4) is 0 Å². The van der Waals surface area contributed by atoms with Crippen molar-refractivity contribution in [2.75, 3.05) is 11.4 Å². The van der Waals surface area contributed by atoms with Gasteiger partial charge in [-0.15, -0.1) is 0 Å². The number of aliphatic hydroxyl groups excluding tert-OH is 1. The first-order valence-electron chi connectivity index (χ1n) is 6.92. The molecule has 0 fully saturated rings. The molecule has 1 N–H and O–H groups in total. The van der Waals surface area contributed by atoms with E-state index in [-0.39, 0.29) is 5.91 Å². The first-order chi connectivity index (χ1) is 10.1. The molecular formula is C17H16ClNO2. The van der Waals surface area contributed by atoms with Gasteiger partial charge in [0, 0.05) is 28.4 Å². The SMILES string of the molecule is Cc1ccc2c(c1)C(O)CCN2C(=O)c1ccc(Cl)cc1. The molecule has 0 aromatic heterocycles. The van der Waals surface area contributed by atoms with Crippen molar-refractivity contribution < 1.29 is 9.90 Å². The average molecular weight is 302 g/mol. The summed E-state index contributed by atoms with van der Waals surface area (Å²) in [5.41, 5.74) is 3.29. The molecule has 21 heavy (non-hydrogen) atoms. The summed E-state index contributed by atoms with van der Waals surface area (Å²) in [7, 11) is 0. The van der Waals surface area contributed by atoms with Crippen molar-refractivity contribution in [3.63, 3.8) is 0 Å². The number of fused-ring (bicyclic) bond motifs is 1. The fourth-order valence-corrected chi connectivity index (χ4v) is 2.80. The lowest BCUT2D eigenvalue weighted by atomic mass is 9.96. The molecule has 1 aliphatic heterocycles. The van der Waals surface area contributed by atoms with Crippen LogP contribution in [0.1, 0.15) is 34.0 Å². The Balaban J connectivity index is 1.99. The van der Waals surface area contributed by atoms with Gasteiger partial charge in [0.15, 0.2) is 0 Å². The van der Waals surface area contributed by atoms with Crippen molar-refractivity contribution in [2.45, 2.75) is 19.4 Å². The molecule has 3 nitrogen and oxygen atoms in total. The molecule has 2 aromatic carbocycles. The van der Waals surface area contributed by atoms with Crippen molar-refractivity contribution >= 4 is 23.2 Å². The number of aliphatic hydroxyl groups is 1. The van der Waals surface area contributed by atoms with Gasteiger partial charge in [0.2, 0.25) is 0 Å². The number of aryl methyl sites for hydroxylation is 1. The maximum absolute atomic E-state index is 12.7. The van der Waals surface area contributed by atoms with Crippen LogP contribution in [0.25, 0.3) is 0 Å². The van der Waals surface area contributed by atoms with Gasteiger partial charge in [0.1, 0.15) is 0 Å². The summed E-state index contributed by atoms with van der Waals surface area (Å²) in [5, 5.41) is 10.7. The molecule has 1 heterocycles. The standard InChI is InChI=1S/C17H16ClNO2/c1-11-2-7-15-14(10-11)16(20)8-9-19(15)17(21)12-3-5-13(18)6-4-12/h2-7,10,16,20H,8-9H2,1H3. The van der Waals surface area contributed by atoms with E-state index in [9.17, 15) is 9.90 Å². The first kappa shape index (κ1) is 14.1. The van der Waals surface area contributed by atoms with E-state index < -0.39 is 6.10 Å². The molecular weight excluding hydrogens is 286 g/mol. The van der Waals surface area contributed by atoms with Crippen LogP contribution >= 0.6 is 11.6 Å². The maximum atomic E-state index is 12.7. The Bertz CT molecular complexity index is 682. The lowest BCUT2D eigenvalue weighted by Gasteiger charge is -2.32. The van der Waals surface area contributed by atoms with E-state index in [1.165, 1.54) is 0 Å². The lowest BCUT2D eigenvalue weighted by Crippen LogP contribution is -2.36. The lowest BCUT2D eigenvalue weighted by molar-refractivity contribution is 0.0970. The van der Waals surface area contributed by atoms with Crippen LogP contribution in [0, 0.1) is 6.92 Å². The zero-order valence-electron chi connectivity index (χ0n) is 11.7. The summed E-state index contributed by atoms with van der Waals surface area (Å²) in [4.78, 5) is 14.4. The van der Waals surface area contributed by atoms with Crippen LogP contribution in [0.2, 0.25) is 5.02 Å². The molecule has 4 heteroatoms. The van der Waals surface area contributed by atoms with E-state index in [0.29, 0.717) is 23.6 Å². The number of amides is 1. The van der Waals surface area contributed by atoms with Crippen molar-refractivity contribution in [3.05, 3.63) is 64.2 Å². The molecule has 3 rings (SSSR count). The molecule has 1 unspecified atom stereocenters. The fourth-order valence-electron chi connectivity index (χ4n) is 2.67. The average Bonchev–Trinajstić information content (AvgIpc) is 2.48. The van der Waals surface area contributed by atoms with Gasteiger partial charge in [0.05, 0.1) is 6.10 Å². The monoisotopic (exact) mass is 301 g/mol. The highest BCUT2D eigenvalue weighted by Gasteiger charge is 2.28. The van der Waals surface area contributed by atoms with Crippen LogP contribution in [0.4, 0.5) is 5.69 Å². The highest BCUT2D eigenvalue weighted by Crippen LogP contribution is 2.35. The van der Waals surface area contributed by atoms with Crippen LogP contribution < -0.4 is 4.90 Å². The second kappa shape index (κ2) is 5.51. The molecule has 0 spiro atoms. The molecule has 1 atom stereocenters. The quantitative estimate of drug-likeness (QED) is 0.872. The van der Waals surface area contributed by atoms with Crippen molar-refractivity contribution in [1.82, 2.24) is 0 Å². The minimum absolute atomic E-state index is 0.0660. The number of carbonyl (C=O) groups excluding carboxylic acids is 1. The predicted molar refractivity (Wildman–Crippen MR) is 83.9 cm³/mol. The van der Waals surface area contributed by atoms with Crippen LogP contribution in [0.5, 0.6) is 0 Å². The topological polar surface area (TPSA) is 40.5 Å². The minimum Gasteiger partial charge on any atom is -0.388 e. The van der Waals surface area contributed by atoms with Crippen LogP contribution in [-0.4, -0.2) is 17.6 Å². The number of hydrogen-bond donors (Lipinski definition) is 1. The number of rotatable bonds is 1. The summed E-state index contributed by atoms with van der Waals surface area (Å²) in [5.74, 6) is -0.0660. The molecule has 0 bridgehead atoms. The van der Waals surface area contributed by atoms with Gasteiger partial charge in [-0.25, -0.2) is 0 Å². The van der Waals surface area contributed by atoms with Gasteiger partial charge in [-0.3, -0.25) is 4.79 Å². The number of anilines is 1. The van der Waals surface area contributed by atoms with Gasteiger partial charge in [0.25, 0.3) is 5.91 Å². The fraction of sp³-hybridized carbons (Fsp3) is 0.235. The Labute approximate surface area is 128 Å². The van der Waals surface area contributed by atoms with E-state index in [4.69, 9.17) is 11.6 Å². The zero-order chi connectivity index (χ0) is 15.0. The Morgan fingerprint density at radius 3 is 2.67 bits per heavy atom. The van der Waals surface area contributed by atoms with E-state index >= 15 is 0 Å². The summed E-state index contributed by atoms with van der Waals surface area (Å²) in [6, 6.07) is 12.7. The third-order valence-electron chi connectivity index (χ3n) is 3.80. The number of carbonyl (C=O) groups is 1. The molecule has 1 amide bonds. The zero-order valence-corrected chi connectivity index (χ0v) is 12.5. The van der Waals surface area contributed by atoms with E-state index in [1.807, 2.05) is 25.1 Å². The van der Waals surface area contributed by atoms with Crippen molar-refractivity contribution in [1.29, 1.82) is 0 Å². The molecule has 0 radical (unpaired) electrons. The first-order valence-corrected chi connectivity index (χ1v) is 7.30. The third kappa shape index (κ3) is 2.67. The van der Waals surface area contributed by atoms with Crippen LogP contribution in [0.3, 0.4) is 0 Å². The maximum Gasteiger partial charge on any atom is 0.258 e. The number of nitrogens with zero attached hydrogens (tertiary/aromatic N) is 1. The summed E-state index contributed by atoms with van der Waals surface area (Å²) < 4.78 is 0. The van der Waals surface area contributed by atoms with Crippen molar-refractivity contribution in [2.24, 2.45) is 0 Å². The Morgan fingerprint density at radius 1 is 1.24 bits per heavy atom. The largest absolute Gasteiger partial charge is 0.388 e. The molecule has 2 aromatic rings. The highest BCUT2D eigenvalue weighted by atomic mass is 35.5. The Kier molecular flexibility index (Phi) is 3.70. The van der Waals surface area contributed by atoms with E-state index in [1.54, 1.807) is 29.2 Å². The Hall–Kier alpha value is -1.84. The van der Waals surface area contributed by atoms with Gasteiger partial charge in [-0.2, -0.15) is 0 Å². The highest BCUT2D eigenvalue weighted by molar-refractivity contribution is 6.30. The number of halogens is 1. The van der Waals surface area contributed by atoms with E-state index in [2.05, 4.69) is 0 Å². The van der Waals surface area contributed by atoms with Crippen LogP contribution in [-0.2, 0) is 0 Å². The van der Waals surface area contributed by atoms with Gasteiger partial charge < -0.3 is 10.0 Å². The van der Waals surface area contributed by atoms with E-state index in [0.717, 1.165) is 16.8 Å². The van der Waals surface area contributed by atoms with Gasteiger partial charge in [-0.05, 0) is 43.7 Å².